The highest BCUT2D eigenvalue weighted by Crippen LogP contribution is 2.37. The fraction of sp³-hybridized carbons (Fsp3) is 0.192. The van der Waals surface area contributed by atoms with E-state index in [1.54, 1.807) is 49.1 Å². The van der Waals surface area contributed by atoms with Crippen LogP contribution in [0.25, 0.3) is 28.5 Å². The van der Waals surface area contributed by atoms with Gasteiger partial charge in [-0.05, 0) is 37.3 Å². The van der Waals surface area contributed by atoms with Gasteiger partial charge in [0, 0.05) is 18.5 Å². The number of rotatable bonds is 9. The van der Waals surface area contributed by atoms with Crippen LogP contribution in [0, 0.1) is 0 Å². The van der Waals surface area contributed by atoms with E-state index in [2.05, 4.69) is 15.0 Å². The Morgan fingerprint density at radius 1 is 0.895 bits per heavy atom. The van der Waals surface area contributed by atoms with Gasteiger partial charge in [0.05, 0.1) is 43.4 Å². The maximum Gasteiger partial charge on any atom is 0.213 e. The molecule has 5 rings (SSSR count). The summed E-state index contributed by atoms with van der Waals surface area (Å²) in [6.07, 6.45) is 4.27. The summed E-state index contributed by atoms with van der Waals surface area (Å²) in [5, 5.41) is 0. The molecule has 0 aliphatic carbocycles. The maximum absolute atomic E-state index is 13.0. The van der Waals surface area contributed by atoms with E-state index in [1.165, 1.54) is 30.7 Å². The van der Waals surface area contributed by atoms with Crippen LogP contribution >= 0.6 is 0 Å². The minimum absolute atomic E-state index is 0.145. The maximum atomic E-state index is 13.0. The van der Waals surface area contributed by atoms with Crippen molar-refractivity contribution in [2.45, 2.75) is 17.6 Å². The van der Waals surface area contributed by atoms with E-state index in [1.807, 2.05) is 13.0 Å². The third-order valence-electron chi connectivity index (χ3n) is 5.64. The van der Waals surface area contributed by atoms with Crippen molar-refractivity contribution in [3.63, 3.8) is 0 Å². The number of nitrogens with zero attached hydrogens (tertiary/aromatic N) is 6. The minimum Gasteiger partial charge on any atom is -0.494 e. The Labute approximate surface area is 219 Å². The van der Waals surface area contributed by atoms with Gasteiger partial charge in [0.25, 0.3) is 0 Å². The van der Waals surface area contributed by atoms with E-state index in [9.17, 15) is 8.42 Å². The van der Waals surface area contributed by atoms with Gasteiger partial charge in [0.2, 0.25) is 5.88 Å². The lowest BCUT2D eigenvalue weighted by Gasteiger charge is -2.16. The van der Waals surface area contributed by atoms with Gasteiger partial charge in [0.15, 0.2) is 27.0 Å². The number of aromatic nitrogens is 6. The monoisotopic (exact) mass is 532 g/mol. The predicted molar refractivity (Wildman–Crippen MR) is 139 cm³/mol. The number of hydrogen-bond acceptors (Lipinski definition) is 10. The first-order valence-corrected chi connectivity index (χ1v) is 13.3. The van der Waals surface area contributed by atoms with Gasteiger partial charge >= 0.3 is 0 Å². The molecule has 0 fully saturated rings. The van der Waals surface area contributed by atoms with E-state index in [0.29, 0.717) is 52.5 Å². The number of pyridine rings is 2. The standard InChI is InChI=1S/C26H24N6O5S/c1-4-37-22-10-5-7-19(30-22)25-31-24-26(32(25)23-20(35-2)8-6-9-21(23)36-3)29-17(15-28-24)16-38(33,34)18-11-13-27-14-12-18/h5-15H,4,16H2,1-3H3. The first kappa shape index (κ1) is 25.1. The fourth-order valence-corrected chi connectivity index (χ4v) is 5.22. The number of para-hydroxylation sites is 1. The first-order valence-electron chi connectivity index (χ1n) is 11.6. The van der Waals surface area contributed by atoms with Crippen molar-refractivity contribution in [2.75, 3.05) is 20.8 Å². The second-order valence-corrected chi connectivity index (χ2v) is 10.0. The molecule has 1 aromatic carbocycles. The molecule has 0 spiro atoms. The smallest absolute Gasteiger partial charge is 0.213 e. The second kappa shape index (κ2) is 10.4. The number of sulfone groups is 1. The molecule has 0 atom stereocenters. The average Bonchev–Trinajstić information content (AvgIpc) is 3.31. The van der Waals surface area contributed by atoms with Crippen LogP contribution in [0.3, 0.4) is 0 Å². The molecule has 0 N–H and O–H groups in total. The van der Waals surface area contributed by atoms with Gasteiger partial charge in [-0.3, -0.25) is 9.55 Å². The minimum atomic E-state index is -3.69. The van der Waals surface area contributed by atoms with Crippen molar-refractivity contribution in [2.24, 2.45) is 0 Å². The van der Waals surface area contributed by atoms with Crippen LogP contribution in [0.15, 0.2) is 72.0 Å². The van der Waals surface area contributed by atoms with Gasteiger partial charge in [-0.2, -0.15) is 0 Å². The lowest BCUT2D eigenvalue weighted by Crippen LogP contribution is -2.09. The first-order chi connectivity index (χ1) is 18.4. The largest absolute Gasteiger partial charge is 0.494 e. The van der Waals surface area contributed by atoms with Crippen LogP contribution in [0.4, 0.5) is 0 Å². The zero-order valence-corrected chi connectivity index (χ0v) is 21.7. The summed E-state index contributed by atoms with van der Waals surface area (Å²) in [4.78, 5) is 22.5. The van der Waals surface area contributed by atoms with Crippen molar-refractivity contribution in [1.29, 1.82) is 0 Å². The van der Waals surface area contributed by atoms with Crippen molar-refractivity contribution in [3.8, 4) is 34.6 Å². The summed E-state index contributed by atoms with van der Waals surface area (Å²) in [7, 11) is -0.603. The van der Waals surface area contributed by atoms with E-state index >= 15 is 0 Å². The molecule has 4 aromatic heterocycles. The zero-order chi connectivity index (χ0) is 26.7. The highest BCUT2D eigenvalue weighted by molar-refractivity contribution is 7.90. The van der Waals surface area contributed by atoms with Crippen molar-refractivity contribution >= 4 is 21.1 Å². The molecular formula is C26H24N6O5S. The molecule has 5 aromatic rings. The summed E-state index contributed by atoms with van der Waals surface area (Å²) in [5.74, 6) is 1.45. The topological polar surface area (TPSA) is 131 Å². The molecule has 0 amide bonds. The molecule has 0 radical (unpaired) electrons. The molecule has 38 heavy (non-hydrogen) atoms. The highest BCUT2D eigenvalue weighted by Gasteiger charge is 2.25. The summed E-state index contributed by atoms with van der Waals surface area (Å²) in [6.45, 7) is 2.32. The third-order valence-corrected chi connectivity index (χ3v) is 7.30. The zero-order valence-electron chi connectivity index (χ0n) is 20.9. The summed E-state index contributed by atoms with van der Waals surface area (Å²) < 4.78 is 44.7. The Bertz CT molecular complexity index is 1680. The molecule has 0 bridgehead atoms. The van der Waals surface area contributed by atoms with E-state index < -0.39 is 9.84 Å². The van der Waals surface area contributed by atoms with Crippen molar-refractivity contribution in [3.05, 3.63) is 72.8 Å². The number of hydrogen-bond donors (Lipinski definition) is 0. The quantitative estimate of drug-likeness (QED) is 0.277. The number of methoxy groups -OCH3 is 2. The Kier molecular flexibility index (Phi) is 6.88. The van der Waals surface area contributed by atoms with Crippen LogP contribution in [-0.4, -0.2) is 58.7 Å². The summed E-state index contributed by atoms with van der Waals surface area (Å²) in [5.41, 5.74) is 1.86. The normalized spacial score (nSPS) is 11.4. The van der Waals surface area contributed by atoms with E-state index in [-0.39, 0.29) is 16.3 Å². The second-order valence-electron chi connectivity index (χ2n) is 8.03. The number of ether oxygens (including phenoxy) is 3. The van der Waals surface area contributed by atoms with Crippen LogP contribution in [0.5, 0.6) is 17.4 Å². The molecule has 0 aliphatic rings. The number of fused-ring (bicyclic) bond motifs is 1. The molecule has 11 nitrogen and oxygen atoms in total. The molecule has 0 saturated heterocycles. The Morgan fingerprint density at radius 3 is 2.29 bits per heavy atom. The molecule has 194 valence electrons. The molecule has 0 saturated carbocycles. The highest BCUT2D eigenvalue weighted by atomic mass is 32.2. The fourth-order valence-electron chi connectivity index (χ4n) is 3.98. The average molecular weight is 533 g/mol. The number of benzene rings is 1. The van der Waals surface area contributed by atoms with Crippen LogP contribution < -0.4 is 14.2 Å². The van der Waals surface area contributed by atoms with Crippen LogP contribution in [-0.2, 0) is 15.6 Å². The van der Waals surface area contributed by atoms with Crippen molar-refractivity contribution < 1.29 is 22.6 Å². The summed E-state index contributed by atoms with van der Waals surface area (Å²) in [6, 6.07) is 13.6. The van der Waals surface area contributed by atoms with Crippen molar-refractivity contribution in [1.82, 2.24) is 29.5 Å². The molecular weight excluding hydrogens is 508 g/mol. The van der Waals surface area contributed by atoms with Gasteiger partial charge < -0.3 is 14.2 Å². The van der Waals surface area contributed by atoms with Gasteiger partial charge in [-0.15, -0.1) is 0 Å². The molecule has 12 heteroatoms. The number of imidazole rings is 1. The van der Waals surface area contributed by atoms with E-state index in [4.69, 9.17) is 24.2 Å². The lowest BCUT2D eigenvalue weighted by atomic mass is 10.2. The Hall–Kier alpha value is -4.58. The molecule has 0 unspecified atom stereocenters. The van der Waals surface area contributed by atoms with Crippen LogP contribution in [0.1, 0.15) is 12.6 Å². The van der Waals surface area contributed by atoms with E-state index in [0.717, 1.165) is 0 Å². The van der Waals surface area contributed by atoms with Gasteiger partial charge in [-0.25, -0.2) is 28.4 Å². The Morgan fingerprint density at radius 2 is 1.61 bits per heavy atom. The lowest BCUT2D eigenvalue weighted by molar-refractivity contribution is 0.327. The van der Waals surface area contributed by atoms with Gasteiger partial charge in [0.1, 0.15) is 22.9 Å². The third kappa shape index (κ3) is 4.73. The Balaban J connectivity index is 1.75. The van der Waals surface area contributed by atoms with Crippen LogP contribution in [0.2, 0.25) is 0 Å². The molecule has 4 heterocycles. The summed E-state index contributed by atoms with van der Waals surface area (Å²) >= 11 is 0. The predicted octanol–water partition coefficient (Wildman–Crippen LogP) is 3.66. The molecule has 0 aliphatic heterocycles. The SMILES string of the molecule is CCOc1cccc(-c2nc3ncc(CS(=O)(=O)c4ccncc4)nc3n2-c2c(OC)cccc2OC)n1. The van der Waals surface area contributed by atoms with Gasteiger partial charge in [-0.1, -0.05) is 12.1 Å².